The fourth-order valence-electron chi connectivity index (χ4n) is 1.63. The smallest absolute Gasteiger partial charge is 0.354 e. The summed E-state index contributed by atoms with van der Waals surface area (Å²) < 4.78 is 5.08. The molecule has 4 nitrogen and oxygen atoms in total. The number of rotatable bonds is 4. The van der Waals surface area contributed by atoms with E-state index in [0.29, 0.717) is 0 Å². The van der Waals surface area contributed by atoms with Crippen LogP contribution in [0.5, 0.6) is 5.75 Å². The molecular formula is C14H13NO3. The molecule has 0 aliphatic carbocycles. The van der Waals surface area contributed by atoms with E-state index in [1.807, 2.05) is 24.3 Å². The van der Waals surface area contributed by atoms with Crippen LogP contribution in [0.1, 0.15) is 21.6 Å². The number of hydrogen-bond donors (Lipinski definition) is 1. The Morgan fingerprint density at radius 1 is 1.17 bits per heavy atom. The van der Waals surface area contributed by atoms with Crippen molar-refractivity contribution < 1.29 is 14.6 Å². The van der Waals surface area contributed by atoms with E-state index in [1.54, 1.807) is 19.4 Å². The third kappa shape index (κ3) is 2.85. The van der Waals surface area contributed by atoms with E-state index < -0.39 is 5.97 Å². The molecule has 0 atom stereocenters. The number of carboxylic acids is 1. The van der Waals surface area contributed by atoms with Gasteiger partial charge in [0.05, 0.1) is 7.11 Å². The van der Waals surface area contributed by atoms with Crippen molar-refractivity contribution in [1.82, 2.24) is 4.98 Å². The number of hydrogen-bond acceptors (Lipinski definition) is 3. The number of pyridine rings is 1. The Balaban J connectivity index is 2.10. The topological polar surface area (TPSA) is 59.4 Å². The normalized spacial score (nSPS) is 10.1. The second-order valence-electron chi connectivity index (χ2n) is 3.88. The van der Waals surface area contributed by atoms with Gasteiger partial charge in [-0.15, -0.1) is 0 Å². The highest BCUT2D eigenvalue weighted by Crippen LogP contribution is 2.14. The van der Waals surface area contributed by atoms with Crippen LogP contribution in [0.2, 0.25) is 0 Å². The van der Waals surface area contributed by atoms with Crippen molar-refractivity contribution >= 4 is 5.97 Å². The predicted molar refractivity (Wildman–Crippen MR) is 67.0 cm³/mol. The van der Waals surface area contributed by atoms with E-state index in [9.17, 15) is 4.79 Å². The quantitative estimate of drug-likeness (QED) is 0.895. The van der Waals surface area contributed by atoms with Gasteiger partial charge in [0, 0.05) is 6.20 Å². The molecule has 0 unspecified atom stereocenters. The van der Waals surface area contributed by atoms with Gasteiger partial charge >= 0.3 is 5.97 Å². The van der Waals surface area contributed by atoms with E-state index in [-0.39, 0.29) is 5.69 Å². The Morgan fingerprint density at radius 2 is 1.83 bits per heavy atom. The van der Waals surface area contributed by atoms with Crippen molar-refractivity contribution in [3.8, 4) is 5.75 Å². The maximum atomic E-state index is 10.7. The summed E-state index contributed by atoms with van der Waals surface area (Å²) in [5, 5.41) is 8.75. The first-order chi connectivity index (χ1) is 8.69. The Hall–Kier alpha value is -2.36. The summed E-state index contributed by atoms with van der Waals surface area (Å²) in [6.45, 7) is 0. The predicted octanol–water partition coefficient (Wildman–Crippen LogP) is 2.38. The molecule has 0 radical (unpaired) electrons. The summed E-state index contributed by atoms with van der Waals surface area (Å²) in [6, 6.07) is 11.0. The fraction of sp³-hybridized carbons (Fsp3) is 0.143. The minimum absolute atomic E-state index is 0.0634. The van der Waals surface area contributed by atoms with E-state index in [0.717, 1.165) is 23.3 Å². The standard InChI is InChI=1S/C14H13NO3/c1-18-12-5-2-10(3-6-12)8-11-4-7-13(14(16)17)15-9-11/h2-7,9H,8H2,1H3,(H,16,17). The number of nitrogens with zero attached hydrogens (tertiary/aromatic N) is 1. The van der Waals surface area contributed by atoms with Crippen LogP contribution in [0.4, 0.5) is 0 Å². The van der Waals surface area contributed by atoms with Gasteiger partial charge in [-0.2, -0.15) is 0 Å². The number of ether oxygens (including phenoxy) is 1. The number of carboxylic acid groups (broad SMARTS) is 1. The zero-order valence-corrected chi connectivity index (χ0v) is 9.96. The first-order valence-electron chi connectivity index (χ1n) is 5.50. The molecule has 0 bridgehead atoms. The molecule has 0 amide bonds. The number of benzene rings is 1. The van der Waals surface area contributed by atoms with Crippen LogP contribution in [0.3, 0.4) is 0 Å². The third-order valence-corrected chi connectivity index (χ3v) is 2.61. The summed E-state index contributed by atoms with van der Waals surface area (Å²) in [4.78, 5) is 14.5. The van der Waals surface area contributed by atoms with E-state index in [1.165, 1.54) is 6.07 Å². The number of methoxy groups -OCH3 is 1. The molecule has 1 heterocycles. The third-order valence-electron chi connectivity index (χ3n) is 2.61. The summed E-state index contributed by atoms with van der Waals surface area (Å²) in [7, 11) is 1.63. The first kappa shape index (κ1) is 12.1. The maximum Gasteiger partial charge on any atom is 0.354 e. The lowest BCUT2D eigenvalue weighted by Gasteiger charge is -2.04. The molecule has 0 aliphatic heterocycles. The minimum Gasteiger partial charge on any atom is -0.497 e. The highest BCUT2D eigenvalue weighted by molar-refractivity contribution is 5.85. The molecule has 92 valence electrons. The van der Waals surface area contributed by atoms with Crippen molar-refractivity contribution in [3.63, 3.8) is 0 Å². The van der Waals surface area contributed by atoms with Crippen LogP contribution >= 0.6 is 0 Å². The molecule has 0 aliphatic rings. The number of aromatic carboxylic acids is 1. The molecular weight excluding hydrogens is 230 g/mol. The highest BCUT2D eigenvalue weighted by atomic mass is 16.5. The lowest BCUT2D eigenvalue weighted by molar-refractivity contribution is 0.0690. The Kier molecular flexibility index (Phi) is 3.57. The van der Waals surface area contributed by atoms with Crippen LogP contribution in [0, 0.1) is 0 Å². The van der Waals surface area contributed by atoms with E-state index in [2.05, 4.69) is 4.98 Å². The second-order valence-corrected chi connectivity index (χ2v) is 3.88. The van der Waals surface area contributed by atoms with Crippen molar-refractivity contribution in [2.24, 2.45) is 0 Å². The summed E-state index contributed by atoms with van der Waals surface area (Å²) in [6.07, 6.45) is 2.31. The zero-order valence-electron chi connectivity index (χ0n) is 9.96. The summed E-state index contributed by atoms with van der Waals surface area (Å²) in [5.74, 6) is -0.191. The number of carbonyl (C=O) groups is 1. The lowest BCUT2D eigenvalue weighted by atomic mass is 10.1. The van der Waals surface area contributed by atoms with Crippen molar-refractivity contribution in [1.29, 1.82) is 0 Å². The van der Waals surface area contributed by atoms with Gasteiger partial charge < -0.3 is 9.84 Å². The number of aromatic nitrogens is 1. The monoisotopic (exact) mass is 243 g/mol. The van der Waals surface area contributed by atoms with Crippen LogP contribution in [-0.2, 0) is 6.42 Å². The van der Waals surface area contributed by atoms with Crippen molar-refractivity contribution in [2.75, 3.05) is 7.11 Å². The van der Waals surface area contributed by atoms with Gasteiger partial charge in [-0.3, -0.25) is 0 Å². The Bertz CT molecular complexity index is 532. The van der Waals surface area contributed by atoms with Gasteiger partial charge in [0.15, 0.2) is 0 Å². The Labute approximate surface area is 105 Å². The van der Waals surface area contributed by atoms with Crippen molar-refractivity contribution in [3.05, 3.63) is 59.4 Å². The van der Waals surface area contributed by atoms with E-state index >= 15 is 0 Å². The molecule has 4 heteroatoms. The first-order valence-corrected chi connectivity index (χ1v) is 5.50. The molecule has 18 heavy (non-hydrogen) atoms. The van der Waals surface area contributed by atoms with Crippen LogP contribution in [0.25, 0.3) is 0 Å². The molecule has 2 rings (SSSR count). The average Bonchev–Trinajstić information content (AvgIpc) is 2.40. The van der Waals surface area contributed by atoms with Gasteiger partial charge in [0.1, 0.15) is 11.4 Å². The summed E-state index contributed by atoms with van der Waals surface area (Å²) in [5.41, 5.74) is 2.17. The highest BCUT2D eigenvalue weighted by Gasteiger charge is 2.04. The average molecular weight is 243 g/mol. The minimum atomic E-state index is -1.01. The summed E-state index contributed by atoms with van der Waals surface area (Å²) >= 11 is 0. The van der Waals surface area contributed by atoms with Crippen LogP contribution in [-0.4, -0.2) is 23.2 Å². The van der Waals surface area contributed by atoms with Gasteiger partial charge in [-0.1, -0.05) is 18.2 Å². The van der Waals surface area contributed by atoms with Gasteiger partial charge in [-0.25, -0.2) is 9.78 Å². The SMILES string of the molecule is COc1ccc(Cc2ccc(C(=O)O)nc2)cc1. The Morgan fingerprint density at radius 3 is 2.33 bits per heavy atom. The van der Waals surface area contributed by atoms with Crippen molar-refractivity contribution in [2.45, 2.75) is 6.42 Å². The largest absolute Gasteiger partial charge is 0.497 e. The fourth-order valence-corrected chi connectivity index (χ4v) is 1.63. The second kappa shape index (κ2) is 5.31. The van der Waals surface area contributed by atoms with Crippen LogP contribution < -0.4 is 4.74 Å². The van der Waals surface area contributed by atoms with Gasteiger partial charge in [-0.05, 0) is 35.7 Å². The zero-order chi connectivity index (χ0) is 13.0. The molecule has 2 aromatic rings. The lowest BCUT2D eigenvalue weighted by Crippen LogP contribution is -2.00. The molecule has 0 saturated heterocycles. The van der Waals surface area contributed by atoms with E-state index in [4.69, 9.17) is 9.84 Å². The van der Waals surface area contributed by atoms with Gasteiger partial charge in [0.25, 0.3) is 0 Å². The molecule has 0 saturated carbocycles. The molecule has 1 N–H and O–H groups in total. The molecule has 1 aromatic carbocycles. The van der Waals surface area contributed by atoms with Crippen LogP contribution in [0.15, 0.2) is 42.6 Å². The maximum absolute atomic E-state index is 10.7. The van der Waals surface area contributed by atoms with Gasteiger partial charge in [0.2, 0.25) is 0 Å². The molecule has 0 spiro atoms. The molecule has 1 aromatic heterocycles. The molecule has 0 fully saturated rings.